The molecule has 0 aliphatic carbocycles. The molecule has 0 saturated heterocycles. The van der Waals surface area contributed by atoms with Gasteiger partial charge in [-0.25, -0.2) is 0 Å². The van der Waals surface area contributed by atoms with E-state index in [9.17, 15) is 9.90 Å². The summed E-state index contributed by atoms with van der Waals surface area (Å²) < 4.78 is 7.46. The number of benzene rings is 3. The molecule has 6 aromatic rings. The summed E-state index contributed by atoms with van der Waals surface area (Å²) in [6, 6.07) is 25.2. The van der Waals surface area contributed by atoms with Crippen molar-refractivity contribution < 1.29 is 34.4 Å². The number of allylic oxidation sites excluding steroid dienone is 2. The van der Waals surface area contributed by atoms with E-state index >= 15 is 0 Å². The summed E-state index contributed by atoms with van der Waals surface area (Å²) in [4.78, 5) is 17.2. The van der Waals surface area contributed by atoms with Crippen molar-refractivity contribution >= 4 is 49.1 Å². The Labute approximate surface area is 328 Å². The predicted molar refractivity (Wildman–Crippen MR) is 218 cm³/mol. The standard InChI is InChI=1S/C31H26NOS.C15H28O2.Ir/c1-18-19(2)33-30-29(18)24(25-17-34-28-13-9-8-12-23(25)28)16-27(32-30)21-14-20-10-6-7-11-22(20)26(15-21)31(3,4)5;1-7-14(5,8-2)12(16)11-13(17)15(6,9-3)10-4;/h6-13,15-17H,1-5H3;11,16H,7-10H2,1-6H3;/q-1;;/b;12-11-;. The molecule has 0 aliphatic heterocycles. The predicted octanol–water partition coefficient (Wildman–Crippen LogP) is 13.9. The molecule has 0 amide bonds. The number of pyridine rings is 1. The number of hydrogen-bond acceptors (Lipinski definition) is 5. The Hall–Kier alpha value is -3.57. The molecule has 0 unspecified atom stereocenters. The Kier molecular flexibility index (Phi) is 12.8. The van der Waals surface area contributed by atoms with Crippen LogP contribution in [0.3, 0.4) is 0 Å². The first-order chi connectivity index (χ1) is 24.1. The van der Waals surface area contributed by atoms with Crippen molar-refractivity contribution in [2.24, 2.45) is 10.8 Å². The normalized spacial score (nSPS) is 12.6. The summed E-state index contributed by atoms with van der Waals surface area (Å²) >= 11 is 1.78. The van der Waals surface area contributed by atoms with E-state index in [1.54, 1.807) is 11.3 Å². The third-order valence-electron chi connectivity index (χ3n) is 11.4. The number of fused-ring (bicyclic) bond motifs is 3. The molecule has 0 atom stereocenters. The number of carbonyl (C=O) groups is 1. The monoisotopic (exact) mass is 893 g/mol. The van der Waals surface area contributed by atoms with E-state index < -0.39 is 0 Å². The van der Waals surface area contributed by atoms with Crippen molar-refractivity contribution in [1.29, 1.82) is 0 Å². The van der Waals surface area contributed by atoms with Crippen LogP contribution in [0.2, 0.25) is 0 Å². The maximum Gasteiger partial charge on any atom is 0.220 e. The van der Waals surface area contributed by atoms with Crippen LogP contribution in [0.5, 0.6) is 0 Å². The Morgan fingerprint density at radius 2 is 1.44 bits per heavy atom. The Bertz CT molecular complexity index is 2220. The Morgan fingerprint density at radius 1 is 0.846 bits per heavy atom. The summed E-state index contributed by atoms with van der Waals surface area (Å²) in [6.45, 7) is 23.0. The molecule has 0 spiro atoms. The summed E-state index contributed by atoms with van der Waals surface area (Å²) in [7, 11) is 0. The number of furan rings is 1. The number of aliphatic hydroxyl groups is 1. The van der Waals surface area contributed by atoms with Crippen LogP contribution in [0.4, 0.5) is 0 Å². The van der Waals surface area contributed by atoms with Crippen molar-refractivity contribution in [3.05, 3.63) is 101 Å². The molecular formula is C46H54IrNO3S-. The number of aliphatic hydroxyl groups excluding tert-OH is 1. The molecule has 6 heteroatoms. The number of thiophene rings is 1. The van der Waals surface area contributed by atoms with Gasteiger partial charge in [-0.3, -0.25) is 9.78 Å². The summed E-state index contributed by atoms with van der Waals surface area (Å²) in [5.41, 5.74) is 6.83. The van der Waals surface area contributed by atoms with Crippen LogP contribution in [0.15, 0.2) is 82.3 Å². The maximum absolute atomic E-state index is 12.2. The van der Waals surface area contributed by atoms with Gasteiger partial charge in [0.1, 0.15) is 11.5 Å². The number of aromatic nitrogens is 1. The molecule has 1 radical (unpaired) electrons. The minimum atomic E-state index is -0.337. The number of nitrogens with zero attached hydrogens (tertiary/aromatic N) is 1. The van der Waals surface area contributed by atoms with Gasteiger partial charge < -0.3 is 9.52 Å². The first-order valence-corrected chi connectivity index (χ1v) is 19.3. The Morgan fingerprint density at radius 3 is 2.06 bits per heavy atom. The third-order valence-corrected chi connectivity index (χ3v) is 12.3. The fraction of sp³-hybridized carbons (Fsp3) is 0.391. The zero-order chi connectivity index (χ0) is 37.3. The third kappa shape index (κ3) is 8.00. The Balaban J connectivity index is 0.000000289. The number of rotatable bonds is 9. The van der Waals surface area contributed by atoms with E-state index in [4.69, 9.17) is 9.40 Å². The largest absolute Gasteiger partial charge is 0.512 e. The minimum Gasteiger partial charge on any atom is -0.512 e. The van der Waals surface area contributed by atoms with Crippen molar-refractivity contribution in [3.63, 3.8) is 0 Å². The van der Waals surface area contributed by atoms with Crippen LogP contribution in [-0.4, -0.2) is 15.9 Å². The number of ketones is 1. The van der Waals surface area contributed by atoms with Crippen LogP contribution >= 0.6 is 11.3 Å². The van der Waals surface area contributed by atoms with Crippen LogP contribution < -0.4 is 0 Å². The van der Waals surface area contributed by atoms with Gasteiger partial charge in [0.15, 0.2) is 5.78 Å². The van der Waals surface area contributed by atoms with E-state index in [2.05, 4.69) is 99.8 Å². The summed E-state index contributed by atoms with van der Waals surface area (Å²) in [5, 5.41) is 17.1. The summed E-state index contributed by atoms with van der Waals surface area (Å²) in [6.07, 6.45) is 4.75. The minimum absolute atomic E-state index is 0. The van der Waals surface area contributed by atoms with Gasteiger partial charge in [-0.2, -0.15) is 0 Å². The van der Waals surface area contributed by atoms with Gasteiger partial charge in [-0.1, -0.05) is 116 Å². The van der Waals surface area contributed by atoms with E-state index in [1.807, 2.05) is 48.5 Å². The molecule has 4 nitrogen and oxygen atoms in total. The van der Waals surface area contributed by atoms with Crippen LogP contribution in [0.25, 0.3) is 54.3 Å². The number of hydrogen-bond donors (Lipinski definition) is 1. The second kappa shape index (κ2) is 16.2. The smallest absolute Gasteiger partial charge is 0.220 e. The number of aryl methyl sites for hydroxylation is 2. The molecule has 3 heterocycles. The van der Waals surface area contributed by atoms with Gasteiger partial charge in [0.2, 0.25) is 5.71 Å². The quantitative estimate of drug-likeness (QED) is 0.0892. The molecule has 0 fully saturated rings. The van der Waals surface area contributed by atoms with Gasteiger partial charge in [-0.05, 0) is 62.0 Å². The molecule has 0 saturated carbocycles. The SMILES string of the molecule is CCC(C)(CC)C(=O)/C=C(\O)C(C)(CC)CC.Cc1oc2nc(-c3[c-]c4ccccc4c(C(C)(C)C)c3)cc(-c3csc4ccccc34)c2c1C.[Ir]. The van der Waals surface area contributed by atoms with Gasteiger partial charge in [0.05, 0.1) is 5.39 Å². The molecule has 6 rings (SSSR count). The van der Waals surface area contributed by atoms with Crippen molar-refractivity contribution in [1.82, 2.24) is 4.98 Å². The zero-order valence-electron chi connectivity index (χ0n) is 32.7. The molecule has 0 aliphatic rings. The van der Waals surface area contributed by atoms with Crippen LogP contribution in [-0.2, 0) is 30.3 Å². The van der Waals surface area contributed by atoms with Crippen molar-refractivity contribution in [3.8, 4) is 22.4 Å². The van der Waals surface area contributed by atoms with Crippen LogP contribution in [0.1, 0.15) is 105 Å². The molecule has 0 bridgehead atoms. The molecule has 52 heavy (non-hydrogen) atoms. The molecule has 3 aromatic carbocycles. The van der Waals surface area contributed by atoms with Crippen molar-refractivity contribution in [2.45, 2.75) is 107 Å². The average Bonchev–Trinajstić information content (AvgIpc) is 3.69. The first kappa shape index (κ1) is 41.2. The van der Waals surface area contributed by atoms with E-state index in [0.29, 0.717) is 5.71 Å². The van der Waals surface area contributed by atoms with Crippen molar-refractivity contribution in [2.75, 3.05) is 0 Å². The van der Waals surface area contributed by atoms with Gasteiger partial charge >= 0.3 is 0 Å². The van der Waals surface area contributed by atoms with Gasteiger partial charge in [0, 0.05) is 63.9 Å². The van der Waals surface area contributed by atoms with E-state index in [1.165, 1.54) is 38.2 Å². The van der Waals surface area contributed by atoms with Crippen LogP contribution in [0, 0.1) is 30.7 Å². The van der Waals surface area contributed by atoms with E-state index in [-0.39, 0.29) is 47.9 Å². The molecule has 3 aromatic heterocycles. The molecular weight excluding hydrogens is 839 g/mol. The van der Waals surface area contributed by atoms with E-state index in [0.717, 1.165) is 59.0 Å². The van der Waals surface area contributed by atoms with Gasteiger partial charge in [-0.15, -0.1) is 40.5 Å². The van der Waals surface area contributed by atoms with Gasteiger partial charge in [0.25, 0.3) is 0 Å². The first-order valence-electron chi connectivity index (χ1n) is 18.4. The number of carbonyl (C=O) groups excluding carboxylic acids is 1. The second-order valence-electron chi connectivity index (χ2n) is 15.5. The average molecular weight is 893 g/mol. The molecule has 277 valence electrons. The fourth-order valence-electron chi connectivity index (χ4n) is 6.56. The fourth-order valence-corrected chi connectivity index (χ4v) is 7.53. The topological polar surface area (TPSA) is 63.3 Å². The zero-order valence-corrected chi connectivity index (χ0v) is 35.9. The maximum atomic E-state index is 12.2. The summed E-state index contributed by atoms with van der Waals surface area (Å²) in [5.74, 6) is 1.20. The second-order valence-corrected chi connectivity index (χ2v) is 16.4. The molecule has 1 N–H and O–H groups in total.